The highest BCUT2D eigenvalue weighted by atomic mass is 79.9. The van der Waals surface area contributed by atoms with E-state index < -0.39 is 17.2 Å². The first-order valence-corrected chi connectivity index (χ1v) is 9.28. The van der Waals surface area contributed by atoms with Gasteiger partial charge in [0.15, 0.2) is 11.3 Å². The SMILES string of the molecule is Cc1[nH]c(C)c(-c2c[nH]c(OCc3cccc(C(F)(F)F)c3)cc2=O)c(=O)c1Br. The number of H-pyrrole nitrogens is 2. The summed E-state index contributed by atoms with van der Waals surface area (Å²) in [5.41, 5.74) is 0.340. The predicted molar refractivity (Wildman–Crippen MR) is 106 cm³/mol. The molecule has 9 heteroatoms. The number of aryl methyl sites for hydroxylation is 2. The molecule has 0 aliphatic carbocycles. The maximum atomic E-state index is 12.8. The van der Waals surface area contributed by atoms with Crippen molar-refractivity contribution < 1.29 is 17.9 Å². The molecule has 0 spiro atoms. The molecule has 0 atom stereocenters. The average Bonchev–Trinajstić information content (AvgIpc) is 2.65. The molecule has 2 heterocycles. The van der Waals surface area contributed by atoms with E-state index in [-0.39, 0.29) is 29.0 Å². The van der Waals surface area contributed by atoms with Crippen molar-refractivity contribution >= 4 is 15.9 Å². The summed E-state index contributed by atoms with van der Waals surface area (Å²) in [6.07, 6.45) is -3.09. The molecule has 0 saturated carbocycles. The fourth-order valence-electron chi connectivity index (χ4n) is 2.90. The lowest BCUT2D eigenvalue weighted by molar-refractivity contribution is -0.137. The summed E-state index contributed by atoms with van der Waals surface area (Å²) in [4.78, 5) is 30.8. The van der Waals surface area contributed by atoms with Crippen LogP contribution in [0.1, 0.15) is 22.5 Å². The first kappa shape index (κ1) is 20.9. The number of nitrogens with one attached hydrogen (secondary N) is 2. The number of pyridine rings is 2. The predicted octanol–water partition coefficient (Wildman–Crippen LogP) is 4.71. The van der Waals surface area contributed by atoms with Gasteiger partial charge in [0.1, 0.15) is 6.61 Å². The molecule has 0 bridgehead atoms. The number of halogens is 4. The number of alkyl halides is 3. The quantitative estimate of drug-likeness (QED) is 0.582. The standard InChI is InChI=1S/C20H16BrF3N2O3/c1-10-17(19(28)18(21)11(2)26-10)14-8-25-16(7-15(14)27)29-9-12-4-3-5-13(6-12)20(22,23)24/h3-8H,9H2,1-2H3,(H,25,27)(H,26,28). The van der Waals surface area contributed by atoms with E-state index in [0.717, 1.165) is 18.2 Å². The topological polar surface area (TPSA) is 75.0 Å². The lowest BCUT2D eigenvalue weighted by Crippen LogP contribution is -2.17. The average molecular weight is 469 g/mol. The molecule has 0 saturated heterocycles. The van der Waals surface area contributed by atoms with E-state index in [2.05, 4.69) is 25.9 Å². The molecule has 3 rings (SSSR count). The van der Waals surface area contributed by atoms with Gasteiger partial charge >= 0.3 is 6.18 Å². The molecule has 0 amide bonds. The van der Waals surface area contributed by atoms with Crippen LogP contribution in [0.25, 0.3) is 11.1 Å². The van der Waals surface area contributed by atoms with E-state index in [9.17, 15) is 22.8 Å². The van der Waals surface area contributed by atoms with Crippen molar-refractivity contribution in [3.63, 3.8) is 0 Å². The Balaban J connectivity index is 1.86. The molecule has 29 heavy (non-hydrogen) atoms. The molecule has 0 fully saturated rings. The third-order valence-electron chi connectivity index (χ3n) is 4.31. The molecule has 1 aromatic carbocycles. The van der Waals surface area contributed by atoms with E-state index in [1.54, 1.807) is 13.8 Å². The minimum atomic E-state index is -4.45. The summed E-state index contributed by atoms with van der Waals surface area (Å²) in [5.74, 6) is 0.0800. The first-order valence-electron chi connectivity index (χ1n) is 8.49. The minimum Gasteiger partial charge on any atom is -0.474 e. The van der Waals surface area contributed by atoms with E-state index in [1.807, 2.05) is 0 Å². The third kappa shape index (κ3) is 4.45. The van der Waals surface area contributed by atoms with Crippen molar-refractivity contribution in [1.82, 2.24) is 9.97 Å². The zero-order chi connectivity index (χ0) is 21.3. The fraction of sp³-hybridized carbons (Fsp3) is 0.200. The molecule has 3 aromatic rings. The van der Waals surface area contributed by atoms with Crippen LogP contribution in [0.15, 0.2) is 50.6 Å². The molecule has 152 valence electrons. The highest BCUT2D eigenvalue weighted by Gasteiger charge is 2.30. The van der Waals surface area contributed by atoms with Crippen LogP contribution < -0.4 is 15.6 Å². The number of hydrogen-bond donors (Lipinski definition) is 2. The second-order valence-corrected chi connectivity index (χ2v) is 7.25. The Labute approximate surface area is 171 Å². The van der Waals surface area contributed by atoms with Crippen LogP contribution in [0.5, 0.6) is 5.88 Å². The summed E-state index contributed by atoms with van der Waals surface area (Å²) < 4.78 is 44.1. The van der Waals surface area contributed by atoms with Crippen LogP contribution >= 0.6 is 15.9 Å². The normalized spacial score (nSPS) is 11.5. The summed E-state index contributed by atoms with van der Waals surface area (Å²) in [6, 6.07) is 5.90. The maximum Gasteiger partial charge on any atom is 0.416 e. The molecule has 2 N–H and O–H groups in total. The van der Waals surface area contributed by atoms with Gasteiger partial charge in [-0.2, -0.15) is 13.2 Å². The van der Waals surface area contributed by atoms with Gasteiger partial charge in [-0.1, -0.05) is 12.1 Å². The van der Waals surface area contributed by atoms with Gasteiger partial charge in [0.25, 0.3) is 0 Å². The number of benzene rings is 1. The van der Waals surface area contributed by atoms with Crippen molar-refractivity contribution in [2.75, 3.05) is 0 Å². The number of aromatic nitrogens is 2. The number of rotatable bonds is 4. The molecule has 0 aliphatic heterocycles. The van der Waals surface area contributed by atoms with Gasteiger partial charge in [-0.15, -0.1) is 0 Å². The van der Waals surface area contributed by atoms with Crippen molar-refractivity contribution in [3.05, 3.63) is 84.0 Å². The Kier molecular flexibility index (Phi) is 5.70. The van der Waals surface area contributed by atoms with E-state index in [1.165, 1.54) is 18.3 Å². The van der Waals surface area contributed by atoms with Crippen molar-refractivity contribution in [1.29, 1.82) is 0 Å². The summed E-state index contributed by atoms with van der Waals surface area (Å²) in [7, 11) is 0. The molecular formula is C20H16BrF3N2O3. The van der Waals surface area contributed by atoms with Crippen molar-refractivity contribution in [2.45, 2.75) is 26.6 Å². The minimum absolute atomic E-state index is 0.0800. The second kappa shape index (κ2) is 7.90. The maximum absolute atomic E-state index is 12.8. The van der Waals surface area contributed by atoms with Gasteiger partial charge in [-0.25, -0.2) is 0 Å². The van der Waals surface area contributed by atoms with Crippen molar-refractivity contribution in [3.8, 4) is 17.0 Å². The van der Waals surface area contributed by atoms with Gasteiger partial charge in [0.2, 0.25) is 5.43 Å². The third-order valence-corrected chi connectivity index (χ3v) is 5.26. The second-order valence-electron chi connectivity index (χ2n) is 6.46. The number of ether oxygens (including phenoxy) is 1. The zero-order valence-electron chi connectivity index (χ0n) is 15.4. The highest BCUT2D eigenvalue weighted by Crippen LogP contribution is 2.29. The lowest BCUT2D eigenvalue weighted by Gasteiger charge is -2.11. The molecule has 2 aromatic heterocycles. The van der Waals surface area contributed by atoms with Crippen molar-refractivity contribution in [2.24, 2.45) is 0 Å². The van der Waals surface area contributed by atoms with Gasteiger partial charge in [-0.3, -0.25) is 9.59 Å². The molecule has 0 unspecified atom stereocenters. The van der Waals surface area contributed by atoms with E-state index >= 15 is 0 Å². The van der Waals surface area contributed by atoms with E-state index in [0.29, 0.717) is 21.4 Å². The van der Waals surface area contributed by atoms with Gasteiger partial charge < -0.3 is 14.7 Å². The van der Waals surface area contributed by atoms with Gasteiger partial charge in [-0.05, 0) is 47.5 Å². The molecular weight excluding hydrogens is 453 g/mol. The Morgan fingerprint density at radius 2 is 1.83 bits per heavy atom. The highest BCUT2D eigenvalue weighted by molar-refractivity contribution is 9.10. The number of aromatic amines is 2. The van der Waals surface area contributed by atoms with Crippen LogP contribution in [0.3, 0.4) is 0 Å². The van der Waals surface area contributed by atoms with Crippen LogP contribution in [0.4, 0.5) is 13.2 Å². The number of hydrogen-bond acceptors (Lipinski definition) is 3. The first-order chi connectivity index (χ1) is 13.6. The Hall–Kier alpha value is -2.81. The van der Waals surface area contributed by atoms with Crippen LogP contribution in [0.2, 0.25) is 0 Å². The fourth-order valence-corrected chi connectivity index (χ4v) is 3.20. The Morgan fingerprint density at radius 1 is 1.10 bits per heavy atom. The lowest BCUT2D eigenvalue weighted by atomic mass is 10.1. The van der Waals surface area contributed by atoms with Crippen LogP contribution in [0, 0.1) is 13.8 Å². The summed E-state index contributed by atoms with van der Waals surface area (Å²) in [6.45, 7) is 3.26. The molecule has 0 radical (unpaired) electrons. The Morgan fingerprint density at radius 3 is 2.48 bits per heavy atom. The smallest absolute Gasteiger partial charge is 0.416 e. The van der Waals surface area contributed by atoms with Crippen LogP contribution in [-0.2, 0) is 12.8 Å². The molecule has 5 nitrogen and oxygen atoms in total. The van der Waals surface area contributed by atoms with Gasteiger partial charge in [0.05, 0.1) is 21.2 Å². The summed E-state index contributed by atoms with van der Waals surface area (Å²) in [5, 5.41) is 0. The monoisotopic (exact) mass is 468 g/mol. The Bertz CT molecular complexity index is 1180. The van der Waals surface area contributed by atoms with Gasteiger partial charge in [0, 0.05) is 23.7 Å². The zero-order valence-corrected chi connectivity index (χ0v) is 17.0. The molecule has 0 aliphatic rings. The summed E-state index contributed by atoms with van der Waals surface area (Å²) >= 11 is 3.21. The van der Waals surface area contributed by atoms with Crippen LogP contribution in [-0.4, -0.2) is 9.97 Å². The van der Waals surface area contributed by atoms with E-state index in [4.69, 9.17) is 4.74 Å². The largest absolute Gasteiger partial charge is 0.474 e.